The molecule has 2 aromatic carbocycles. The molecule has 0 atom stereocenters. The molecule has 0 unspecified atom stereocenters. The zero-order chi connectivity index (χ0) is 21.4. The smallest absolute Gasteiger partial charge is 0.255 e. The average molecular weight is 402 g/mol. The molecule has 2 aromatic heterocycles. The average Bonchev–Trinajstić information content (AvgIpc) is 3.29. The minimum absolute atomic E-state index is 0.0130. The van der Waals surface area contributed by atoms with Gasteiger partial charge in [-0.25, -0.2) is 9.36 Å². The zero-order valence-corrected chi connectivity index (χ0v) is 16.7. The molecular formula is C22H19FN6O. The minimum atomic E-state index is -0.510. The number of amides is 1. The van der Waals surface area contributed by atoms with E-state index in [1.807, 2.05) is 13.8 Å². The molecule has 4 aromatic rings. The monoisotopic (exact) mass is 402 g/mol. The number of nitriles is 1. The number of carbonyl (C=O) groups excluding carboxylic acids is 1. The summed E-state index contributed by atoms with van der Waals surface area (Å²) in [5, 5.41) is 21.2. The number of nitrogens with zero attached hydrogens (tertiary/aromatic N) is 5. The molecule has 0 aliphatic heterocycles. The van der Waals surface area contributed by atoms with Gasteiger partial charge in [0.25, 0.3) is 5.91 Å². The Balaban J connectivity index is 1.72. The highest BCUT2D eigenvalue weighted by atomic mass is 19.1. The maximum Gasteiger partial charge on any atom is 0.255 e. The number of benzene rings is 2. The second kappa shape index (κ2) is 7.44. The Kier molecular flexibility index (Phi) is 4.80. The molecule has 0 bridgehead atoms. The third-order valence-electron chi connectivity index (χ3n) is 4.95. The van der Waals surface area contributed by atoms with Gasteiger partial charge in [0, 0.05) is 23.7 Å². The van der Waals surface area contributed by atoms with Crippen LogP contribution < -0.4 is 5.32 Å². The lowest BCUT2D eigenvalue weighted by molar-refractivity contribution is 0.102. The van der Waals surface area contributed by atoms with Crippen molar-refractivity contribution in [2.45, 2.75) is 19.8 Å². The number of rotatable bonds is 4. The molecule has 0 spiro atoms. The molecule has 0 aliphatic carbocycles. The second-order valence-corrected chi connectivity index (χ2v) is 7.26. The number of carbonyl (C=O) groups is 1. The largest absolute Gasteiger partial charge is 0.322 e. The van der Waals surface area contributed by atoms with E-state index in [9.17, 15) is 14.4 Å². The van der Waals surface area contributed by atoms with Crippen molar-refractivity contribution in [1.29, 1.82) is 5.26 Å². The summed E-state index contributed by atoms with van der Waals surface area (Å²) in [5.41, 5.74) is 3.04. The molecule has 0 radical (unpaired) electrons. The first kappa shape index (κ1) is 19.3. The van der Waals surface area contributed by atoms with Gasteiger partial charge in [-0.2, -0.15) is 19.8 Å². The van der Waals surface area contributed by atoms with E-state index in [0.29, 0.717) is 27.9 Å². The molecule has 0 fully saturated rings. The van der Waals surface area contributed by atoms with E-state index >= 15 is 0 Å². The van der Waals surface area contributed by atoms with Gasteiger partial charge in [0.2, 0.25) is 5.95 Å². The van der Waals surface area contributed by atoms with Crippen LogP contribution in [-0.4, -0.2) is 25.5 Å². The molecule has 2 heterocycles. The summed E-state index contributed by atoms with van der Waals surface area (Å²) in [5.74, 6) is -0.808. The van der Waals surface area contributed by atoms with Gasteiger partial charge in [-0.05, 0) is 41.8 Å². The van der Waals surface area contributed by atoms with Crippen molar-refractivity contribution >= 4 is 22.5 Å². The Morgan fingerprint density at radius 3 is 2.67 bits per heavy atom. The van der Waals surface area contributed by atoms with Crippen LogP contribution in [-0.2, 0) is 7.05 Å². The summed E-state index contributed by atoms with van der Waals surface area (Å²) in [6.45, 7) is 3.89. The maximum absolute atomic E-state index is 14.3. The van der Waals surface area contributed by atoms with Crippen molar-refractivity contribution in [3.63, 3.8) is 0 Å². The molecule has 8 heteroatoms. The van der Waals surface area contributed by atoms with Crippen LogP contribution >= 0.6 is 0 Å². The van der Waals surface area contributed by atoms with Gasteiger partial charge in [0.1, 0.15) is 5.69 Å². The normalized spacial score (nSPS) is 11.1. The van der Waals surface area contributed by atoms with Crippen molar-refractivity contribution < 1.29 is 9.18 Å². The number of hydrogen-bond acceptors (Lipinski definition) is 4. The van der Waals surface area contributed by atoms with Crippen LogP contribution in [0.4, 0.5) is 10.1 Å². The Morgan fingerprint density at radius 1 is 1.20 bits per heavy atom. The molecule has 0 saturated carbocycles. The van der Waals surface area contributed by atoms with Crippen molar-refractivity contribution in [3.8, 4) is 11.8 Å². The topological polar surface area (TPSA) is 88.5 Å². The Labute approximate surface area is 172 Å². The van der Waals surface area contributed by atoms with Gasteiger partial charge in [0.15, 0.2) is 0 Å². The fourth-order valence-electron chi connectivity index (χ4n) is 3.52. The van der Waals surface area contributed by atoms with E-state index < -0.39 is 5.95 Å². The molecule has 1 N–H and O–H groups in total. The van der Waals surface area contributed by atoms with E-state index in [2.05, 4.69) is 21.6 Å². The van der Waals surface area contributed by atoms with Crippen molar-refractivity contribution in [2.24, 2.45) is 7.05 Å². The number of aromatic nitrogens is 4. The third-order valence-corrected chi connectivity index (χ3v) is 4.95. The summed E-state index contributed by atoms with van der Waals surface area (Å²) in [6.07, 6.45) is 3.02. The van der Waals surface area contributed by atoms with Crippen LogP contribution in [0.5, 0.6) is 0 Å². The highest BCUT2D eigenvalue weighted by Crippen LogP contribution is 2.26. The lowest BCUT2D eigenvalue weighted by atomic mass is 9.92. The highest BCUT2D eigenvalue weighted by molar-refractivity contribution is 6.06. The fraction of sp³-hybridized carbons (Fsp3) is 0.182. The number of nitrogens with one attached hydrogen (secondary N) is 1. The predicted octanol–water partition coefficient (Wildman–Crippen LogP) is 4.15. The Hall–Kier alpha value is -3.99. The number of fused-ring (bicyclic) bond motifs is 1. The first-order valence-corrected chi connectivity index (χ1v) is 9.40. The molecule has 1 amide bonds. The number of hydrogen-bond donors (Lipinski definition) is 1. The summed E-state index contributed by atoms with van der Waals surface area (Å²) < 4.78 is 16.9. The molecule has 7 nitrogen and oxygen atoms in total. The SMILES string of the molecule is CC(C)c1c(C#N)cccc1C(=O)Nc1ccc2cnn(-c3cnn(C)c3F)c2c1. The van der Waals surface area contributed by atoms with Gasteiger partial charge >= 0.3 is 0 Å². The summed E-state index contributed by atoms with van der Waals surface area (Å²) in [4.78, 5) is 13.0. The zero-order valence-electron chi connectivity index (χ0n) is 16.7. The van der Waals surface area contributed by atoms with Crippen molar-refractivity contribution in [2.75, 3.05) is 5.32 Å². The van der Waals surface area contributed by atoms with E-state index in [4.69, 9.17) is 0 Å². The van der Waals surface area contributed by atoms with Crippen LogP contribution in [0.2, 0.25) is 0 Å². The van der Waals surface area contributed by atoms with Crippen LogP contribution in [0.25, 0.3) is 16.6 Å². The lowest BCUT2D eigenvalue weighted by Crippen LogP contribution is -2.16. The summed E-state index contributed by atoms with van der Waals surface area (Å²) in [6, 6.07) is 12.6. The first-order valence-electron chi connectivity index (χ1n) is 9.40. The fourth-order valence-corrected chi connectivity index (χ4v) is 3.52. The predicted molar refractivity (Wildman–Crippen MR) is 111 cm³/mol. The van der Waals surface area contributed by atoms with Gasteiger partial charge in [-0.1, -0.05) is 19.9 Å². The van der Waals surface area contributed by atoms with Gasteiger partial charge < -0.3 is 5.32 Å². The molecule has 150 valence electrons. The number of aryl methyl sites for hydroxylation is 1. The van der Waals surface area contributed by atoms with Crippen LogP contribution in [0.3, 0.4) is 0 Å². The standard InChI is InChI=1S/C22H19FN6O/c1-13(2)20-14(10-24)5-4-6-17(20)22(30)27-16-8-7-15-11-26-29(18(15)9-16)19-12-25-28(3)21(19)23/h4-9,11-13H,1-3H3,(H,27,30). The molecule has 4 rings (SSSR count). The summed E-state index contributed by atoms with van der Waals surface area (Å²) >= 11 is 0. The Bertz CT molecular complexity index is 1310. The third kappa shape index (κ3) is 3.20. The van der Waals surface area contributed by atoms with Gasteiger partial charge in [-0.3, -0.25) is 4.79 Å². The van der Waals surface area contributed by atoms with Crippen LogP contribution in [0, 0.1) is 17.3 Å². The van der Waals surface area contributed by atoms with E-state index in [1.165, 1.54) is 17.9 Å². The van der Waals surface area contributed by atoms with Crippen molar-refractivity contribution in [3.05, 3.63) is 71.4 Å². The van der Waals surface area contributed by atoms with E-state index in [1.54, 1.807) is 42.6 Å². The molecule has 0 aliphatic rings. The van der Waals surface area contributed by atoms with Crippen molar-refractivity contribution in [1.82, 2.24) is 19.6 Å². The maximum atomic E-state index is 14.3. The summed E-state index contributed by atoms with van der Waals surface area (Å²) in [7, 11) is 1.51. The van der Waals surface area contributed by atoms with E-state index in [0.717, 1.165) is 10.1 Å². The van der Waals surface area contributed by atoms with Gasteiger partial charge in [0.05, 0.1) is 29.5 Å². The van der Waals surface area contributed by atoms with Crippen LogP contribution in [0.1, 0.15) is 41.3 Å². The molecule has 0 saturated heterocycles. The highest BCUT2D eigenvalue weighted by Gasteiger charge is 2.18. The Morgan fingerprint density at radius 2 is 2.00 bits per heavy atom. The van der Waals surface area contributed by atoms with Gasteiger partial charge in [-0.15, -0.1) is 0 Å². The molecule has 30 heavy (non-hydrogen) atoms. The first-order chi connectivity index (χ1) is 14.4. The van der Waals surface area contributed by atoms with E-state index in [-0.39, 0.29) is 17.5 Å². The number of halogens is 1. The van der Waals surface area contributed by atoms with Crippen LogP contribution in [0.15, 0.2) is 48.8 Å². The quantitative estimate of drug-likeness (QED) is 0.555. The molecular weight excluding hydrogens is 383 g/mol. The minimum Gasteiger partial charge on any atom is -0.322 e. The second-order valence-electron chi connectivity index (χ2n) is 7.26. The number of anilines is 1. The lowest BCUT2D eigenvalue weighted by Gasteiger charge is -2.14.